The molecule has 0 aromatic heterocycles. The summed E-state index contributed by atoms with van der Waals surface area (Å²) < 4.78 is 0. The Balaban J connectivity index is 2.52. The smallest absolute Gasteiger partial charge is 0.0721 e. The first-order chi connectivity index (χ1) is 2.89. The monoisotopic (exact) mass is 99.0 g/mol. The first-order valence-corrected chi connectivity index (χ1v) is 2.66. The number of rotatable bonds is 0. The van der Waals surface area contributed by atoms with Crippen molar-refractivity contribution in [1.82, 2.24) is 0 Å². The number of allylic oxidation sites excluding steroid dienone is 1. The molecular weight excluding hydrogens is 94.1 g/mol. The molecule has 1 aliphatic rings. The van der Waals surface area contributed by atoms with Crippen molar-refractivity contribution in [3.05, 3.63) is 11.5 Å². The molecule has 1 rings (SSSR count). The third kappa shape index (κ3) is 0.627. The fourth-order valence-electron chi connectivity index (χ4n) is 0.334. The zero-order chi connectivity index (χ0) is 4.41. The van der Waals surface area contributed by atoms with Gasteiger partial charge in [0.25, 0.3) is 0 Å². The Morgan fingerprint density at radius 2 is 2.67 bits per heavy atom. The van der Waals surface area contributed by atoms with Crippen molar-refractivity contribution in [1.29, 1.82) is 5.41 Å². The summed E-state index contributed by atoms with van der Waals surface area (Å²) in [5, 5.41) is 9.66. The van der Waals surface area contributed by atoms with Crippen molar-refractivity contribution in [2.24, 2.45) is 0 Å². The van der Waals surface area contributed by atoms with E-state index in [0.29, 0.717) is 0 Å². The number of thioether (sulfide) groups is 1. The molecule has 1 N–H and O–H groups in total. The molecule has 0 aromatic carbocycles. The predicted octanol–water partition coefficient (Wildman–Crippen LogP) is 1.61. The lowest BCUT2D eigenvalue weighted by molar-refractivity contribution is 1.44. The molecule has 1 nitrogen and oxygen atoms in total. The first-order valence-electron chi connectivity index (χ1n) is 1.78. The Hall–Kier alpha value is -0.240. The summed E-state index contributed by atoms with van der Waals surface area (Å²) in [6.07, 6.45) is 2.84. The standard InChI is InChI=1S/C4H5NS/c5-4-2-1-3-6-4/h1,3,5H,2H2. The molecule has 0 atom stereocenters. The van der Waals surface area contributed by atoms with Gasteiger partial charge in [-0.1, -0.05) is 17.8 Å². The number of nitrogens with one attached hydrogen (secondary N) is 1. The van der Waals surface area contributed by atoms with Crippen molar-refractivity contribution < 1.29 is 0 Å². The molecule has 0 unspecified atom stereocenters. The van der Waals surface area contributed by atoms with E-state index in [0.717, 1.165) is 11.5 Å². The van der Waals surface area contributed by atoms with Gasteiger partial charge in [-0.2, -0.15) is 0 Å². The van der Waals surface area contributed by atoms with Crippen LogP contribution in [-0.2, 0) is 0 Å². The van der Waals surface area contributed by atoms with E-state index in [4.69, 9.17) is 5.41 Å². The molecule has 6 heavy (non-hydrogen) atoms. The lowest BCUT2D eigenvalue weighted by Crippen LogP contribution is -1.73. The highest BCUT2D eigenvalue weighted by molar-refractivity contribution is 8.16. The summed E-state index contributed by atoms with van der Waals surface area (Å²) in [6, 6.07) is 0. The molecule has 1 heterocycles. The SMILES string of the molecule is N=C1CC=CS1. The average molecular weight is 99.2 g/mol. The van der Waals surface area contributed by atoms with Crippen LogP contribution in [0.2, 0.25) is 0 Å². The number of hydrogen-bond donors (Lipinski definition) is 1. The molecule has 0 aromatic rings. The fourth-order valence-corrected chi connectivity index (χ4v) is 0.883. The first kappa shape index (κ1) is 3.93. The second-order valence-corrected chi connectivity index (χ2v) is 2.12. The second kappa shape index (κ2) is 1.47. The normalized spacial score (nSPS) is 19.7. The minimum atomic E-state index is 0.759. The maximum atomic E-state index is 6.95. The largest absolute Gasteiger partial charge is 0.298 e. The van der Waals surface area contributed by atoms with E-state index in [2.05, 4.69) is 0 Å². The fraction of sp³-hybridized carbons (Fsp3) is 0.250. The second-order valence-electron chi connectivity index (χ2n) is 1.12. The van der Waals surface area contributed by atoms with E-state index in [1.165, 1.54) is 11.8 Å². The van der Waals surface area contributed by atoms with Crippen LogP contribution in [0.4, 0.5) is 0 Å². The summed E-state index contributed by atoms with van der Waals surface area (Å²) in [6.45, 7) is 0. The molecular formula is C4H5NS. The van der Waals surface area contributed by atoms with Crippen molar-refractivity contribution in [3.63, 3.8) is 0 Å². The van der Waals surface area contributed by atoms with E-state index < -0.39 is 0 Å². The van der Waals surface area contributed by atoms with Gasteiger partial charge in [0.2, 0.25) is 0 Å². The molecule has 0 aliphatic carbocycles. The van der Waals surface area contributed by atoms with Crippen LogP contribution in [0.25, 0.3) is 0 Å². The Kier molecular flexibility index (Phi) is 0.965. The molecule has 0 radical (unpaired) electrons. The van der Waals surface area contributed by atoms with Crippen molar-refractivity contribution in [2.75, 3.05) is 0 Å². The predicted molar refractivity (Wildman–Crippen MR) is 29.1 cm³/mol. The summed E-state index contributed by atoms with van der Waals surface area (Å²) in [5.74, 6) is 0. The number of hydrogen-bond acceptors (Lipinski definition) is 2. The van der Waals surface area contributed by atoms with Gasteiger partial charge in [-0.3, -0.25) is 5.41 Å². The highest BCUT2D eigenvalue weighted by Gasteiger charge is 1.95. The van der Waals surface area contributed by atoms with Gasteiger partial charge >= 0.3 is 0 Å². The molecule has 0 fully saturated rings. The van der Waals surface area contributed by atoms with Gasteiger partial charge in [0.05, 0.1) is 5.04 Å². The molecule has 1 aliphatic heterocycles. The third-order valence-corrected chi connectivity index (χ3v) is 1.39. The minimum Gasteiger partial charge on any atom is -0.298 e. The van der Waals surface area contributed by atoms with Crippen LogP contribution in [0.15, 0.2) is 11.5 Å². The lowest BCUT2D eigenvalue weighted by atomic mass is 10.5. The van der Waals surface area contributed by atoms with Gasteiger partial charge in [-0.05, 0) is 5.41 Å². The van der Waals surface area contributed by atoms with E-state index in [1.54, 1.807) is 0 Å². The summed E-state index contributed by atoms with van der Waals surface area (Å²) in [5.41, 5.74) is 0. The topological polar surface area (TPSA) is 23.9 Å². The van der Waals surface area contributed by atoms with E-state index in [9.17, 15) is 0 Å². The Labute approximate surface area is 40.9 Å². The van der Waals surface area contributed by atoms with Gasteiger partial charge in [-0.15, -0.1) is 0 Å². The quantitative estimate of drug-likeness (QED) is 0.490. The Morgan fingerprint density at radius 1 is 1.83 bits per heavy atom. The summed E-state index contributed by atoms with van der Waals surface area (Å²) >= 11 is 1.50. The van der Waals surface area contributed by atoms with Gasteiger partial charge in [0, 0.05) is 6.42 Å². The van der Waals surface area contributed by atoms with Crippen LogP contribution >= 0.6 is 11.8 Å². The van der Waals surface area contributed by atoms with Crippen molar-refractivity contribution in [2.45, 2.75) is 6.42 Å². The summed E-state index contributed by atoms with van der Waals surface area (Å²) in [4.78, 5) is 0. The molecule has 0 bridgehead atoms. The zero-order valence-electron chi connectivity index (χ0n) is 3.27. The van der Waals surface area contributed by atoms with Gasteiger partial charge < -0.3 is 0 Å². The van der Waals surface area contributed by atoms with Crippen LogP contribution in [0.3, 0.4) is 0 Å². The van der Waals surface area contributed by atoms with E-state index in [-0.39, 0.29) is 0 Å². The zero-order valence-corrected chi connectivity index (χ0v) is 4.09. The van der Waals surface area contributed by atoms with Crippen LogP contribution in [0, 0.1) is 5.41 Å². The van der Waals surface area contributed by atoms with Gasteiger partial charge in [0.1, 0.15) is 0 Å². The van der Waals surface area contributed by atoms with Gasteiger partial charge in [0.15, 0.2) is 0 Å². The molecule has 0 saturated carbocycles. The maximum Gasteiger partial charge on any atom is 0.0721 e. The molecule has 2 heteroatoms. The van der Waals surface area contributed by atoms with Crippen molar-refractivity contribution >= 4 is 16.8 Å². The Morgan fingerprint density at radius 3 is 2.83 bits per heavy atom. The highest BCUT2D eigenvalue weighted by Crippen LogP contribution is 2.14. The molecule has 0 spiro atoms. The lowest BCUT2D eigenvalue weighted by Gasteiger charge is -1.77. The molecule has 0 saturated heterocycles. The van der Waals surface area contributed by atoms with Crippen LogP contribution in [0.1, 0.15) is 6.42 Å². The average Bonchev–Trinajstić information content (AvgIpc) is 1.86. The maximum absolute atomic E-state index is 6.95. The summed E-state index contributed by atoms with van der Waals surface area (Å²) in [7, 11) is 0. The van der Waals surface area contributed by atoms with Crippen LogP contribution < -0.4 is 0 Å². The van der Waals surface area contributed by atoms with Gasteiger partial charge in [-0.25, -0.2) is 0 Å². The highest BCUT2D eigenvalue weighted by atomic mass is 32.2. The van der Waals surface area contributed by atoms with E-state index >= 15 is 0 Å². The molecule has 32 valence electrons. The van der Waals surface area contributed by atoms with Crippen LogP contribution in [0.5, 0.6) is 0 Å². The van der Waals surface area contributed by atoms with E-state index in [1.807, 2.05) is 11.5 Å². The van der Waals surface area contributed by atoms with Crippen LogP contribution in [-0.4, -0.2) is 5.04 Å². The third-order valence-electron chi connectivity index (χ3n) is 0.610. The Bertz CT molecular complexity index is 85.7. The minimum absolute atomic E-state index is 0.759. The van der Waals surface area contributed by atoms with Crippen molar-refractivity contribution in [3.8, 4) is 0 Å². The molecule has 0 amide bonds.